The van der Waals surface area contributed by atoms with Crippen molar-refractivity contribution in [2.75, 3.05) is 5.73 Å². The number of nitrogen functional groups attached to an aromatic ring is 1. The van der Waals surface area contributed by atoms with Gasteiger partial charge < -0.3 is 10.5 Å². The zero-order valence-electron chi connectivity index (χ0n) is 9.29. The lowest BCUT2D eigenvalue weighted by Crippen LogP contribution is -2.03. The molecule has 2 aromatic rings. The molecule has 0 aliphatic heterocycles. The first-order chi connectivity index (χ1) is 8.56. The minimum absolute atomic E-state index is 0.0184. The SMILES string of the molecule is Nc1cccc(F)c1COc1cc(F)cc(F)c1. The van der Waals surface area contributed by atoms with Gasteiger partial charge in [0.25, 0.3) is 0 Å². The Bertz CT molecular complexity index is 532. The number of benzene rings is 2. The molecule has 0 heterocycles. The molecule has 0 unspecified atom stereocenters. The molecule has 2 nitrogen and oxygen atoms in total. The quantitative estimate of drug-likeness (QED) is 0.852. The van der Waals surface area contributed by atoms with Gasteiger partial charge in [-0.25, -0.2) is 13.2 Å². The maximum atomic E-state index is 13.4. The highest BCUT2D eigenvalue weighted by atomic mass is 19.1. The summed E-state index contributed by atoms with van der Waals surface area (Å²) in [6.07, 6.45) is 0. The van der Waals surface area contributed by atoms with Gasteiger partial charge in [0.2, 0.25) is 0 Å². The Morgan fingerprint density at radius 2 is 1.67 bits per heavy atom. The molecule has 0 radical (unpaired) electrons. The van der Waals surface area contributed by atoms with E-state index in [4.69, 9.17) is 10.5 Å². The van der Waals surface area contributed by atoms with Gasteiger partial charge in [0, 0.05) is 29.4 Å². The molecular formula is C13H10F3NO. The van der Waals surface area contributed by atoms with Gasteiger partial charge in [-0.15, -0.1) is 0 Å². The molecule has 2 N–H and O–H groups in total. The van der Waals surface area contributed by atoms with Crippen LogP contribution < -0.4 is 10.5 Å². The molecule has 5 heteroatoms. The second kappa shape index (κ2) is 5.00. The predicted octanol–water partition coefficient (Wildman–Crippen LogP) is 3.27. The lowest BCUT2D eigenvalue weighted by Gasteiger charge is -2.09. The third kappa shape index (κ3) is 2.74. The summed E-state index contributed by atoms with van der Waals surface area (Å²) in [5, 5.41) is 0. The van der Waals surface area contributed by atoms with Gasteiger partial charge in [-0.1, -0.05) is 6.07 Å². The molecule has 0 fully saturated rings. The van der Waals surface area contributed by atoms with E-state index in [0.717, 1.165) is 18.2 Å². The average Bonchev–Trinajstić information content (AvgIpc) is 2.27. The van der Waals surface area contributed by atoms with Crippen LogP contribution >= 0.6 is 0 Å². The van der Waals surface area contributed by atoms with Crippen LogP contribution in [0.15, 0.2) is 36.4 Å². The lowest BCUT2D eigenvalue weighted by atomic mass is 10.2. The second-order valence-electron chi connectivity index (χ2n) is 3.70. The zero-order valence-corrected chi connectivity index (χ0v) is 9.29. The van der Waals surface area contributed by atoms with E-state index in [0.29, 0.717) is 0 Å². The molecule has 0 saturated carbocycles. The van der Waals surface area contributed by atoms with E-state index in [1.807, 2.05) is 0 Å². The topological polar surface area (TPSA) is 35.2 Å². The van der Waals surface area contributed by atoms with E-state index in [-0.39, 0.29) is 23.6 Å². The third-order valence-corrected chi connectivity index (χ3v) is 2.37. The minimum Gasteiger partial charge on any atom is -0.489 e. The van der Waals surface area contributed by atoms with Gasteiger partial charge in [0.05, 0.1) is 0 Å². The Kier molecular flexibility index (Phi) is 3.41. The predicted molar refractivity (Wildman–Crippen MR) is 61.5 cm³/mol. The van der Waals surface area contributed by atoms with Crippen molar-refractivity contribution in [1.82, 2.24) is 0 Å². The molecule has 0 aliphatic rings. The molecule has 94 valence electrons. The van der Waals surface area contributed by atoms with Crippen LogP contribution in [-0.4, -0.2) is 0 Å². The molecule has 0 spiro atoms. The molecule has 0 bridgehead atoms. The fraction of sp³-hybridized carbons (Fsp3) is 0.0769. The Balaban J connectivity index is 2.16. The fourth-order valence-electron chi connectivity index (χ4n) is 1.49. The van der Waals surface area contributed by atoms with Crippen molar-refractivity contribution >= 4 is 5.69 Å². The molecule has 0 aromatic heterocycles. The number of hydrogen-bond acceptors (Lipinski definition) is 2. The van der Waals surface area contributed by atoms with Crippen molar-refractivity contribution in [3.63, 3.8) is 0 Å². The second-order valence-corrected chi connectivity index (χ2v) is 3.70. The van der Waals surface area contributed by atoms with Crippen molar-refractivity contribution in [1.29, 1.82) is 0 Å². The Hall–Kier alpha value is -2.17. The molecule has 0 amide bonds. The average molecular weight is 253 g/mol. The van der Waals surface area contributed by atoms with Crippen LogP contribution in [0, 0.1) is 17.5 Å². The molecular weight excluding hydrogens is 243 g/mol. The van der Waals surface area contributed by atoms with E-state index in [9.17, 15) is 13.2 Å². The van der Waals surface area contributed by atoms with Crippen molar-refractivity contribution in [2.45, 2.75) is 6.61 Å². The normalized spacial score (nSPS) is 10.4. The van der Waals surface area contributed by atoms with Crippen LogP contribution in [0.3, 0.4) is 0 Å². The Morgan fingerprint density at radius 1 is 1.00 bits per heavy atom. The van der Waals surface area contributed by atoms with E-state index >= 15 is 0 Å². The zero-order chi connectivity index (χ0) is 13.1. The number of hydrogen-bond donors (Lipinski definition) is 1. The van der Waals surface area contributed by atoms with Crippen LogP contribution in [0.25, 0.3) is 0 Å². The first kappa shape index (κ1) is 12.3. The first-order valence-electron chi connectivity index (χ1n) is 5.18. The van der Waals surface area contributed by atoms with Gasteiger partial charge >= 0.3 is 0 Å². The first-order valence-corrected chi connectivity index (χ1v) is 5.18. The number of anilines is 1. The van der Waals surface area contributed by atoms with Crippen molar-refractivity contribution in [3.05, 3.63) is 59.4 Å². The van der Waals surface area contributed by atoms with Crippen molar-refractivity contribution < 1.29 is 17.9 Å². The standard InChI is InChI=1S/C13H10F3NO/c14-8-4-9(15)6-10(5-8)18-7-11-12(16)2-1-3-13(11)17/h1-6H,7,17H2. The molecule has 0 saturated heterocycles. The number of ether oxygens (including phenoxy) is 1. The minimum atomic E-state index is -0.758. The smallest absolute Gasteiger partial charge is 0.131 e. The van der Waals surface area contributed by atoms with Crippen LogP contribution in [0.1, 0.15) is 5.56 Å². The summed E-state index contributed by atoms with van der Waals surface area (Å²) in [4.78, 5) is 0. The van der Waals surface area contributed by atoms with E-state index < -0.39 is 17.5 Å². The van der Waals surface area contributed by atoms with Crippen LogP contribution in [0.4, 0.5) is 18.9 Å². The third-order valence-electron chi connectivity index (χ3n) is 2.37. The summed E-state index contributed by atoms with van der Waals surface area (Å²) in [5.41, 5.74) is 5.96. The van der Waals surface area contributed by atoms with Gasteiger partial charge in [0.15, 0.2) is 0 Å². The highest BCUT2D eigenvalue weighted by Gasteiger charge is 2.08. The summed E-state index contributed by atoms with van der Waals surface area (Å²) < 4.78 is 44.3. The molecule has 0 atom stereocenters. The largest absolute Gasteiger partial charge is 0.489 e. The van der Waals surface area contributed by atoms with Gasteiger partial charge in [0.1, 0.15) is 29.8 Å². The van der Waals surface area contributed by atoms with Gasteiger partial charge in [-0.05, 0) is 12.1 Å². The van der Waals surface area contributed by atoms with Crippen LogP contribution in [-0.2, 0) is 6.61 Å². The van der Waals surface area contributed by atoms with E-state index in [1.54, 1.807) is 0 Å². The molecule has 2 rings (SSSR count). The van der Waals surface area contributed by atoms with Crippen LogP contribution in [0.2, 0.25) is 0 Å². The van der Waals surface area contributed by atoms with Crippen LogP contribution in [0.5, 0.6) is 5.75 Å². The Labute approximate surface area is 102 Å². The number of halogens is 3. The maximum absolute atomic E-state index is 13.4. The number of rotatable bonds is 3. The summed E-state index contributed by atoms with van der Waals surface area (Å²) in [5.74, 6) is -2.06. The molecule has 18 heavy (non-hydrogen) atoms. The van der Waals surface area contributed by atoms with E-state index in [2.05, 4.69) is 0 Å². The Morgan fingerprint density at radius 3 is 2.28 bits per heavy atom. The van der Waals surface area contributed by atoms with E-state index in [1.165, 1.54) is 18.2 Å². The lowest BCUT2D eigenvalue weighted by molar-refractivity contribution is 0.297. The molecule has 2 aromatic carbocycles. The number of nitrogens with two attached hydrogens (primary N) is 1. The summed E-state index contributed by atoms with van der Waals surface area (Å²) >= 11 is 0. The monoisotopic (exact) mass is 253 g/mol. The van der Waals surface area contributed by atoms with Crippen molar-refractivity contribution in [2.24, 2.45) is 0 Å². The molecule has 0 aliphatic carbocycles. The fourth-order valence-corrected chi connectivity index (χ4v) is 1.49. The highest BCUT2D eigenvalue weighted by Crippen LogP contribution is 2.20. The maximum Gasteiger partial charge on any atom is 0.131 e. The van der Waals surface area contributed by atoms with Crippen molar-refractivity contribution in [3.8, 4) is 5.75 Å². The van der Waals surface area contributed by atoms with Gasteiger partial charge in [-0.2, -0.15) is 0 Å². The summed E-state index contributed by atoms with van der Waals surface area (Å²) in [6, 6.07) is 6.98. The summed E-state index contributed by atoms with van der Waals surface area (Å²) in [6.45, 7) is -0.193. The van der Waals surface area contributed by atoms with Gasteiger partial charge in [-0.3, -0.25) is 0 Å². The highest BCUT2D eigenvalue weighted by molar-refractivity contribution is 5.47. The summed E-state index contributed by atoms with van der Waals surface area (Å²) in [7, 11) is 0.